The van der Waals surface area contributed by atoms with Crippen molar-refractivity contribution in [3.8, 4) is 0 Å². The molecule has 0 aromatic rings. The number of rotatable bonds is 4. The fourth-order valence-electron chi connectivity index (χ4n) is 0.710. The molecule has 0 rings (SSSR count). The Bertz CT molecular complexity index is 220. The molecule has 0 aliphatic carbocycles. The third kappa shape index (κ3) is 3.83. The van der Waals surface area contributed by atoms with Gasteiger partial charge in [-0.2, -0.15) is 0 Å². The highest BCUT2D eigenvalue weighted by Crippen LogP contribution is 2.03. The van der Waals surface area contributed by atoms with Gasteiger partial charge in [-0.05, 0) is 6.92 Å². The number of hydrogen-bond acceptors (Lipinski definition) is 4. The van der Waals surface area contributed by atoms with Crippen LogP contribution in [0.1, 0.15) is 33.6 Å². The number of ketones is 1. The summed E-state index contributed by atoms with van der Waals surface area (Å²) >= 11 is 0. The lowest BCUT2D eigenvalue weighted by atomic mass is 10.1. The smallest absolute Gasteiger partial charge is 0.323 e. The minimum Gasteiger partial charge on any atom is -0.393 e. The number of carbonyl (C=O) groups is 3. The number of carbonyl (C=O) groups excluding carboxylic acids is 3. The molecule has 0 aliphatic rings. The molecule has 13 heavy (non-hydrogen) atoms. The van der Waals surface area contributed by atoms with Crippen molar-refractivity contribution in [1.29, 1.82) is 0 Å². The van der Waals surface area contributed by atoms with Gasteiger partial charge in [0, 0.05) is 12.8 Å². The first kappa shape index (κ1) is 11.8. The van der Waals surface area contributed by atoms with Crippen molar-refractivity contribution in [3.63, 3.8) is 0 Å². The first-order valence-electron chi connectivity index (χ1n) is 4.30. The van der Waals surface area contributed by atoms with Crippen LogP contribution in [0.4, 0.5) is 0 Å². The van der Waals surface area contributed by atoms with Gasteiger partial charge in [0.25, 0.3) is 0 Å². The molecule has 0 radical (unpaired) electrons. The van der Waals surface area contributed by atoms with Crippen molar-refractivity contribution in [2.45, 2.75) is 33.6 Å². The van der Waals surface area contributed by atoms with Crippen molar-refractivity contribution in [1.82, 2.24) is 0 Å². The first-order valence-corrected chi connectivity index (χ1v) is 4.30. The number of esters is 2. The quantitative estimate of drug-likeness (QED) is 0.487. The highest BCUT2D eigenvalue weighted by molar-refractivity contribution is 6.01. The van der Waals surface area contributed by atoms with Gasteiger partial charge >= 0.3 is 11.9 Å². The van der Waals surface area contributed by atoms with E-state index in [1.807, 2.05) is 0 Å². The fraction of sp³-hybridized carbons (Fsp3) is 0.667. The van der Waals surface area contributed by atoms with Gasteiger partial charge in [-0.15, -0.1) is 0 Å². The van der Waals surface area contributed by atoms with E-state index >= 15 is 0 Å². The van der Waals surface area contributed by atoms with Crippen molar-refractivity contribution in [2.75, 3.05) is 0 Å². The molecule has 0 aromatic heterocycles. The van der Waals surface area contributed by atoms with Gasteiger partial charge in [-0.25, -0.2) is 0 Å². The van der Waals surface area contributed by atoms with Crippen LogP contribution >= 0.6 is 0 Å². The third-order valence-corrected chi connectivity index (χ3v) is 1.69. The first-order chi connectivity index (χ1) is 6.02. The maximum absolute atomic E-state index is 11.0. The Labute approximate surface area is 77.3 Å². The van der Waals surface area contributed by atoms with Crippen LogP contribution in [-0.4, -0.2) is 17.7 Å². The average molecular weight is 186 g/mol. The van der Waals surface area contributed by atoms with E-state index in [-0.39, 0.29) is 18.6 Å². The minimum absolute atomic E-state index is 0.138. The Morgan fingerprint density at radius 3 is 2.08 bits per heavy atom. The van der Waals surface area contributed by atoms with Gasteiger partial charge in [0.05, 0.1) is 0 Å². The van der Waals surface area contributed by atoms with Crippen LogP contribution in [0.25, 0.3) is 0 Å². The van der Waals surface area contributed by atoms with Crippen LogP contribution in [0.3, 0.4) is 0 Å². The summed E-state index contributed by atoms with van der Waals surface area (Å²) in [7, 11) is 0. The SMILES string of the molecule is CCC(=O)OC(=O)C(C)C(=O)CC. The van der Waals surface area contributed by atoms with E-state index in [1.54, 1.807) is 13.8 Å². The van der Waals surface area contributed by atoms with Crippen LogP contribution in [0.15, 0.2) is 0 Å². The Morgan fingerprint density at radius 2 is 1.69 bits per heavy atom. The molecule has 0 amide bonds. The predicted octanol–water partition coefficient (Wildman–Crippen LogP) is 1.08. The zero-order chi connectivity index (χ0) is 10.4. The highest BCUT2D eigenvalue weighted by atomic mass is 16.6. The predicted molar refractivity (Wildman–Crippen MR) is 45.9 cm³/mol. The maximum Gasteiger partial charge on any atom is 0.323 e. The molecule has 0 saturated carbocycles. The van der Waals surface area contributed by atoms with Gasteiger partial charge in [0.15, 0.2) is 0 Å². The molecule has 0 spiro atoms. The van der Waals surface area contributed by atoms with Crippen molar-refractivity contribution in [2.24, 2.45) is 5.92 Å². The maximum atomic E-state index is 11.0. The third-order valence-electron chi connectivity index (χ3n) is 1.69. The molecule has 74 valence electrons. The molecule has 1 unspecified atom stereocenters. The number of Topliss-reactive ketones (excluding diaryl/α,β-unsaturated/α-hetero) is 1. The number of hydrogen-bond donors (Lipinski definition) is 0. The summed E-state index contributed by atoms with van der Waals surface area (Å²) in [6.45, 7) is 4.69. The van der Waals surface area contributed by atoms with Gasteiger partial charge in [0.1, 0.15) is 11.7 Å². The van der Waals surface area contributed by atoms with E-state index in [4.69, 9.17) is 0 Å². The second-order valence-corrected chi connectivity index (χ2v) is 2.69. The van der Waals surface area contributed by atoms with E-state index in [0.29, 0.717) is 0 Å². The highest BCUT2D eigenvalue weighted by Gasteiger charge is 2.22. The summed E-state index contributed by atoms with van der Waals surface area (Å²) in [5.41, 5.74) is 0. The summed E-state index contributed by atoms with van der Waals surface area (Å²) < 4.78 is 4.39. The van der Waals surface area contributed by atoms with E-state index in [1.165, 1.54) is 6.92 Å². The summed E-state index contributed by atoms with van der Waals surface area (Å²) in [5, 5.41) is 0. The second kappa shape index (κ2) is 5.45. The average Bonchev–Trinajstić information content (AvgIpc) is 2.14. The zero-order valence-electron chi connectivity index (χ0n) is 8.12. The van der Waals surface area contributed by atoms with E-state index in [2.05, 4.69) is 4.74 Å². The van der Waals surface area contributed by atoms with E-state index in [9.17, 15) is 14.4 Å². The van der Waals surface area contributed by atoms with Crippen LogP contribution in [0.5, 0.6) is 0 Å². The molecule has 0 aliphatic heterocycles. The normalized spacial score (nSPS) is 11.9. The topological polar surface area (TPSA) is 60.4 Å². The molecule has 0 aromatic carbocycles. The molecule has 0 fully saturated rings. The molecule has 0 saturated heterocycles. The van der Waals surface area contributed by atoms with Crippen LogP contribution in [0.2, 0.25) is 0 Å². The number of ether oxygens (including phenoxy) is 1. The lowest BCUT2D eigenvalue weighted by molar-refractivity contribution is -0.162. The Kier molecular flexibility index (Phi) is 4.96. The lowest BCUT2D eigenvalue weighted by Gasteiger charge is -2.06. The van der Waals surface area contributed by atoms with Gasteiger partial charge in [-0.3, -0.25) is 14.4 Å². The van der Waals surface area contributed by atoms with Crippen LogP contribution < -0.4 is 0 Å². The van der Waals surface area contributed by atoms with Crippen LogP contribution in [-0.2, 0) is 19.1 Å². The molecular formula is C9H14O4. The lowest BCUT2D eigenvalue weighted by Crippen LogP contribution is -2.24. The molecular weight excluding hydrogens is 172 g/mol. The standard InChI is InChI=1S/C9H14O4/c1-4-7(10)6(3)9(12)13-8(11)5-2/h6H,4-5H2,1-3H3. The van der Waals surface area contributed by atoms with E-state index < -0.39 is 17.9 Å². The Balaban J connectivity index is 4.11. The summed E-state index contributed by atoms with van der Waals surface area (Å²) in [6.07, 6.45) is 0.412. The van der Waals surface area contributed by atoms with Crippen molar-refractivity contribution < 1.29 is 19.1 Å². The van der Waals surface area contributed by atoms with Gasteiger partial charge < -0.3 is 4.74 Å². The molecule has 1 atom stereocenters. The Morgan fingerprint density at radius 1 is 1.15 bits per heavy atom. The monoisotopic (exact) mass is 186 g/mol. The van der Waals surface area contributed by atoms with Crippen molar-refractivity contribution >= 4 is 17.7 Å². The Hall–Kier alpha value is -1.19. The summed E-state index contributed by atoms with van der Waals surface area (Å²) in [5.74, 6) is -2.39. The van der Waals surface area contributed by atoms with E-state index in [0.717, 1.165) is 0 Å². The fourth-order valence-corrected chi connectivity index (χ4v) is 0.710. The molecule has 4 heteroatoms. The molecule has 0 bridgehead atoms. The van der Waals surface area contributed by atoms with Gasteiger partial charge in [-0.1, -0.05) is 13.8 Å². The molecule has 4 nitrogen and oxygen atoms in total. The molecule has 0 heterocycles. The van der Waals surface area contributed by atoms with Gasteiger partial charge in [0.2, 0.25) is 0 Å². The minimum atomic E-state index is -0.833. The van der Waals surface area contributed by atoms with Crippen molar-refractivity contribution in [3.05, 3.63) is 0 Å². The molecule has 0 N–H and O–H groups in total. The largest absolute Gasteiger partial charge is 0.393 e. The zero-order valence-corrected chi connectivity index (χ0v) is 8.12. The summed E-state index contributed by atoms with van der Waals surface area (Å²) in [6, 6.07) is 0. The second-order valence-electron chi connectivity index (χ2n) is 2.69. The summed E-state index contributed by atoms with van der Waals surface area (Å²) in [4.78, 5) is 32.7. The van der Waals surface area contributed by atoms with Crippen LogP contribution in [0, 0.1) is 5.92 Å².